The molecule has 5 nitrogen and oxygen atoms in total. The quantitative estimate of drug-likeness (QED) is 0.506. The monoisotopic (exact) mass is 412 g/mol. The highest BCUT2D eigenvalue weighted by atomic mass is 35.5. The number of benzene rings is 2. The third-order valence-corrected chi connectivity index (χ3v) is 5.17. The molecule has 0 saturated carbocycles. The maximum atomic E-state index is 12.9. The van der Waals surface area contributed by atoms with Crippen LogP contribution in [0.4, 0.5) is 5.69 Å². The van der Waals surface area contributed by atoms with Crippen molar-refractivity contribution in [2.45, 2.75) is 33.6 Å². The molecule has 2 aromatic carbocycles. The number of fused-ring (bicyclic) bond motifs is 1. The summed E-state index contributed by atoms with van der Waals surface area (Å²) in [5.74, 6) is -0.475. The Morgan fingerprint density at radius 2 is 1.48 bits per heavy atom. The molecule has 0 fully saturated rings. The summed E-state index contributed by atoms with van der Waals surface area (Å²) < 4.78 is 0. The Kier molecular flexibility index (Phi) is 6.08. The molecule has 0 spiro atoms. The Bertz CT molecular complexity index is 897. The summed E-state index contributed by atoms with van der Waals surface area (Å²) in [6, 6.07) is 14.1. The minimum absolute atomic E-state index is 0.0144. The van der Waals surface area contributed by atoms with Gasteiger partial charge in [-0.1, -0.05) is 44.5 Å². The Morgan fingerprint density at radius 1 is 0.931 bits per heavy atom. The predicted molar refractivity (Wildman–Crippen MR) is 114 cm³/mol. The van der Waals surface area contributed by atoms with Gasteiger partial charge in [-0.2, -0.15) is 0 Å². The number of nitrogens with zero attached hydrogens (tertiary/aromatic N) is 2. The summed E-state index contributed by atoms with van der Waals surface area (Å²) in [6.07, 6.45) is 1.28. The number of carbonyl (C=O) groups excluding carboxylic acids is 3. The van der Waals surface area contributed by atoms with E-state index in [2.05, 4.69) is 0 Å². The number of carbonyl (C=O) groups is 3. The van der Waals surface area contributed by atoms with Crippen molar-refractivity contribution in [3.63, 3.8) is 0 Å². The number of hydrogen-bond acceptors (Lipinski definition) is 3. The lowest BCUT2D eigenvalue weighted by Crippen LogP contribution is -2.40. The molecular weight excluding hydrogens is 388 g/mol. The van der Waals surface area contributed by atoms with Gasteiger partial charge in [0.2, 0.25) is 5.91 Å². The van der Waals surface area contributed by atoms with Crippen LogP contribution in [0.2, 0.25) is 5.02 Å². The van der Waals surface area contributed by atoms with E-state index in [-0.39, 0.29) is 17.7 Å². The standard InChI is InChI=1S/C23H25ClN2O3/c1-23(2,3)22(29)25(17-12-10-16(24)11-13-17)14-6-7-15-26-20(27)18-8-4-5-9-19(18)21(26)28/h4-5,8-13H,6-7,14-15H2,1-3H3. The van der Waals surface area contributed by atoms with E-state index in [0.717, 1.165) is 5.69 Å². The molecule has 0 aliphatic carbocycles. The predicted octanol–water partition coefficient (Wildman–Crippen LogP) is 4.80. The molecule has 0 unspecified atom stereocenters. The number of unbranched alkanes of at least 4 members (excludes halogenated alkanes) is 1. The van der Waals surface area contributed by atoms with Gasteiger partial charge in [0, 0.05) is 29.2 Å². The third kappa shape index (κ3) is 4.51. The molecule has 152 valence electrons. The highest BCUT2D eigenvalue weighted by Gasteiger charge is 2.34. The van der Waals surface area contributed by atoms with Gasteiger partial charge in [-0.25, -0.2) is 0 Å². The second kappa shape index (κ2) is 8.37. The van der Waals surface area contributed by atoms with Crippen LogP contribution in [0.1, 0.15) is 54.3 Å². The molecule has 0 bridgehead atoms. The Balaban J connectivity index is 1.64. The Hall–Kier alpha value is -2.66. The van der Waals surface area contributed by atoms with Gasteiger partial charge in [-0.05, 0) is 49.2 Å². The fourth-order valence-electron chi connectivity index (χ4n) is 3.36. The second-order valence-electron chi connectivity index (χ2n) is 8.20. The first kappa shape index (κ1) is 21.1. The number of hydrogen-bond donors (Lipinski definition) is 0. The van der Waals surface area contributed by atoms with Crippen molar-refractivity contribution in [3.8, 4) is 0 Å². The molecule has 0 aromatic heterocycles. The van der Waals surface area contributed by atoms with E-state index in [4.69, 9.17) is 11.6 Å². The highest BCUT2D eigenvalue weighted by molar-refractivity contribution is 6.30. The SMILES string of the molecule is CC(C)(C)C(=O)N(CCCCN1C(=O)c2ccccc2C1=O)c1ccc(Cl)cc1. The van der Waals surface area contributed by atoms with Crippen molar-refractivity contribution in [2.75, 3.05) is 18.0 Å². The van der Waals surface area contributed by atoms with Crippen LogP contribution in [0.3, 0.4) is 0 Å². The van der Waals surface area contributed by atoms with Gasteiger partial charge in [0.25, 0.3) is 11.8 Å². The van der Waals surface area contributed by atoms with Crippen molar-refractivity contribution >= 4 is 35.0 Å². The molecule has 3 amide bonds. The lowest BCUT2D eigenvalue weighted by molar-refractivity contribution is -0.125. The van der Waals surface area contributed by atoms with Gasteiger partial charge in [0.15, 0.2) is 0 Å². The zero-order chi connectivity index (χ0) is 21.2. The van der Waals surface area contributed by atoms with E-state index in [9.17, 15) is 14.4 Å². The molecule has 0 atom stereocenters. The molecule has 0 saturated heterocycles. The average molecular weight is 413 g/mol. The topological polar surface area (TPSA) is 57.7 Å². The normalized spacial score (nSPS) is 13.6. The minimum Gasteiger partial charge on any atom is -0.312 e. The first-order chi connectivity index (χ1) is 13.7. The number of halogens is 1. The molecule has 3 rings (SSSR count). The van der Waals surface area contributed by atoms with Crippen molar-refractivity contribution in [1.82, 2.24) is 4.90 Å². The van der Waals surface area contributed by atoms with Crippen LogP contribution in [-0.4, -0.2) is 35.7 Å². The Morgan fingerprint density at radius 3 is 2.00 bits per heavy atom. The van der Waals surface area contributed by atoms with Crippen molar-refractivity contribution in [3.05, 3.63) is 64.7 Å². The zero-order valence-electron chi connectivity index (χ0n) is 16.9. The summed E-state index contributed by atoms with van der Waals surface area (Å²) in [7, 11) is 0. The van der Waals surface area contributed by atoms with Crippen molar-refractivity contribution < 1.29 is 14.4 Å². The fraction of sp³-hybridized carbons (Fsp3) is 0.348. The average Bonchev–Trinajstić information content (AvgIpc) is 2.93. The molecule has 2 aromatic rings. The molecule has 6 heteroatoms. The van der Waals surface area contributed by atoms with Crippen LogP contribution in [0.15, 0.2) is 48.5 Å². The lowest BCUT2D eigenvalue weighted by atomic mass is 9.94. The number of imide groups is 1. The van der Waals surface area contributed by atoms with Gasteiger partial charge >= 0.3 is 0 Å². The van der Waals surface area contributed by atoms with Gasteiger partial charge in [-0.3, -0.25) is 19.3 Å². The summed E-state index contributed by atoms with van der Waals surface area (Å²) in [6.45, 7) is 6.50. The molecule has 0 radical (unpaired) electrons. The van der Waals surface area contributed by atoms with Crippen molar-refractivity contribution in [1.29, 1.82) is 0 Å². The number of anilines is 1. The highest BCUT2D eigenvalue weighted by Crippen LogP contribution is 2.26. The maximum absolute atomic E-state index is 12.9. The molecule has 29 heavy (non-hydrogen) atoms. The first-order valence-electron chi connectivity index (χ1n) is 9.73. The molecule has 1 aliphatic heterocycles. The minimum atomic E-state index is -0.526. The summed E-state index contributed by atoms with van der Waals surface area (Å²) >= 11 is 5.98. The van der Waals surface area contributed by atoms with Gasteiger partial charge in [0.1, 0.15) is 0 Å². The number of rotatable bonds is 6. The van der Waals surface area contributed by atoms with Gasteiger partial charge in [-0.15, -0.1) is 0 Å². The van der Waals surface area contributed by atoms with Crippen molar-refractivity contribution in [2.24, 2.45) is 5.41 Å². The van der Waals surface area contributed by atoms with E-state index in [1.165, 1.54) is 4.90 Å². The van der Waals surface area contributed by atoms with E-state index in [1.807, 2.05) is 32.9 Å². The third-order valence-electron chi connectivity index (χ3n) is 4.92. The molecule has 1 heterocycles. The lowest BCUT2D eigenvalue weighted by Gasteiger charge is -2.30. The van der Waals surface area contributed by atoms with E-state index >= 15 is 0 Å². The zero-order valence-corrected chi connectivity index (χ0v) is 17.7. The first-order valence-corrected chi connectivity index (χ1v) is 10.1. The van der Waals surface area contributed by atoms with Crippen LogP contribution < -0.4 is 4.90 Å². The van der Waals surface area contributed by atoms with Gasteiger partial charge < -0.3 is 4.90 Å². The van der Waals surface area contributed by atoms with Crippen LogP contribution in [0.25, 0.3) is 0 Å². The summed E-state index contributed by atoms with van der Waals surface area (Å²) in [5, 5.41) is 0.613. The molecular formula is C23H25ClN2O3. The van der Waals surface area contributed by atoms with Crippen LogP contribution in [-0.2, 0) is 4.79 Å². The van der Waals surface area contributed by atoms with E-state index in [0.29, 0.717) is 42.1 Å². The van der Waals surface area contributed by atoms with Crippen LogP contribution >= 0.6 is 11.6 Å². The maximum Gasteiger partial charge on any atom is 0.261 e. The number of amides is 3. The van der Waals surface area contributed by atoms with E-state index < -0.39 is 5.41 Å². The fourth-order valence-corrected chi connectivity index (χ4v) is 3.48. The summed E-state index contributed by atoms with van der Waals surface area (Å²) in [4.78, 5) is 40.9. The Labute approximate surface area is 176 Å². The molecule has 1 aliphatic rings. The molecule has 0 N–H and O–H groups in total. The largest absolute Gasteiger partial charge is 0.312 e. The summed E-state index contributed by atoms with van der Waals surface area (Å²) in [5.41, 5.74) is 1.18. The van der Waals surface area contributed by atoms with Crippen LogP contribution in [0, 0.1) is 5.41 Å². The van der Waals surface area contributed by atoms with E-state index in [1.54, 1.807) is 41.3 Å². The smallest absolute Gasteiger partial charge is 0.261 e. The van der Waals surface area contributed by atoms with Crippen LogP contribution in [0.5, 0.6) is 0 Å². The van der Waals surface area contributed by atoms with Gasteiger partial charge in [0.05, 0.1) is 11.1 Å². The second-order valence-corrected chi connectivity index (χ2v) is 8.63.